The van der Waals surface area contributed by atoms with Crippen LogP contribution in [0.15, 0.2) is 35.5 Å². The lowest BCUT2D eigenvalue weighted by Crippen LogP contribution is -2.21. The third kappa shape index (κ3) is 2.36. The van der Waals surface area contributed by atoms with Gasteiger partial charge in [-0.15, -0.1) is 0 Å². The SMILES string of the molecule is CCn1ncc(Cn2cnc3ccc(OC)cc3c2=O)c1C. The summed E-state index contributed by atoms with van der Waals surface area (Å²) in [5.41, 5.74) is 2.68. The number of fused-ring (bicyclic) bond motifs is 1. The van der Waals surface area contributed by atoms with E-state index in [0.29, 0.717) is 23.2 Å². The molecule has 3 rings (SSSR count). The Morgan fingerprint density at radius 2 is 2.14 bits per heavy atom. The van der Waals surface area contributed by atoms with Crippen LogP contribution in [0.3, 0.4) is 0 Å². The Bertz CT molecular complexity index is 879. The molecule has 0 saturated heterocycles. The molecule has 0 atom stereocenters. The molecule has 0 spiro atoms. The number of hydrogen-bond donors (Lipinski definition) is 0. The third-order valence-electron chi connectivity index (χ3n) is 3.88. The minimum absolute atomic E-state index is 0.0763. The highest BCUT2D eigenvalue weighted by molar-refractivity contribution is 5.78. The maximum atomic E-state index is 12.6. The quantitative estimate of drug-likeness (QED) is 0.739. The fourth-order valence-electron chi connectivity index (χ4n) is 2.52. The van der Waals surface area contributed by atoms with Crippen molar-refractivity contribution in [1.29, 1.82) is 0 Å². The van der Waals surface area contributed by atoms with Crippen LogP contribution >= 0.6 is 0 Å². The lowest BCUT2D eigenvalue weighted by molar-refractivity contribution is 0.415. The van der Waals surface area contributed by atoms with Crippen molar-refractivity contribution >= 4 is 10.9 Å². The molecule has 0 aliphatic heterocycles. The number of rotatable bonds is 4. The number of ether oxygens (including phenoxy) is 1. The first-order valence-electron chi connectivity index (χ1n) is 7.18. The fraction of sp³-hybridized carbons (Fsp3) is 0.312. The lowest BCUT2D eigenvalue weighted by atomic mass is 10.2. The maximum absolute atomic E-state index is 12.6. The van der Waals surface area contributed by atoms with Crippen molar-refractivity contribution in [2.45, 2.75) is 26.9 Å². The van der Waals surface area contributed by atoms with Crippen LogP contribution in [0.25, 0.3) is 10.9 Å². The summed E-state index contributed by atoms with van der Waals surface area (Å²) in [4.78, 5) is 17.0. The number of aryl methyl sites for hydroxylation is 1. The predicted molar refractivity (Wildman–Crippen MR) is 84.3 cm³/mol. The van der Waals surface area contributed by atoms with Crippen molar-refractivity contribution in [3.05, 3.63) is 52.3 Å². The molecule has 114 valence electrons. The average Bonchev–Trinajstić information content (AvgIpc) is 2.90. The van der Waals surface area contributed by atoms with Crippen molar-refractivity contribution in [2.24, 2.45) is 0 Å². The molecule has 0 radical (unpaired) electrons. The zero-order valence-electron chi connectivity index (χ0n) is 12.9. The Balaban J connectivity index is 2.05. The van der Waals surface area contributed by atoms with Crippen molar-refractivity contribution in [3.8, 4) is 5.75 Å². The minimum Gasteiger partial charge on any atom is -0.497 e. The van der Waals surface area contributed by atoms with Crippen LogP contribution in [0.1, 0.15) is 18.2 Å². The normalized spacial score (nSPS) is 11.0. The van der Waals surface area contributed by atoms with E-state index in [9.17, 15) is 4.79 Å². The van der Waals surface area contributed by atoms with Gasteiger partial charge in [0.15, 0.2) is 0 Å². The molecule has 2 aromatic heterocycles. The van der Waals surface area contributed by atoms with Crippen LogP contribution in [-0.4, -0.2) is 26.4 Å². The molecule has 0 amide bonds. The van der Waals surface area contributed by atoms with E-state index >= 15 is 0 Å². The van der Waals surface area contributed by atoms with Crippen molar-refractivity contribution < 1.29 is 4.74 Å². The smallest absolute Gasteiger partial charge is 0.261 e. The van der Waals surface area contributed by atoms with E-state index in [2.05, 4.69) is 10.1 Å². The summed E-state index contributed by atoms with van der Waals surface area (Å²) in [6.45, 7) is 5.33. The largest absolute Gasteiger partial charge is 0.497 e. The first-order valence-corrected chi connectivity index (χ1v) is 7.18. The van der Waals surface area contributed by atoms with Gasteiger partial charge in [-0.1, -0.05) is 0 Å². The van der Waals surface area contributed by atoms with Gasteiger partial charge in [0.2, 0.25) is 0 Å². The highest BCUT2D eigenvalue weighted by Gasteiger charge is 2.09. The first-order chi connectivity index (χ1) is 10.6. The molecule has 0 N–H and O–H groups in total. The van der Waals surface area contributed by atoms with Crippen LogP contribution in [-0.2, 0) is 13.1 Å². The molecule has 6 nitrogen and oxygen atoms in total. The summed E-state index contributed by atoms with van der Waals surface area (Å²) in [5.74, 6) is 0.652. The van der Waals surface area contributed by atoms with E-state index in [1.54, 1.807) is 42.4 Å². The first kappa shape index (κ1) is 14.3. The van der Waals surface area contributed by atoms with Gasteiger partial charge >= 0.3 is 0 Å². The number of aromatic nitrogens is 4. The molecule has 0 aliphatic carbocycles. The van der Waals surface area contributed by atoms with Gasteiger partial charge in [0, 0.05) is 17.8 Å². The van der Waals surface area contributed by atoms with Gasteiger partial charge in [0.05, 0.1) is 37.1 Å². The second kappa shape index (κ2) is 5.63. The minimum atomic E-state index is -0.0763. The second-order valence-corrected chi connectivity index (χ2v) is 5.13. The zero-order chi connectivity index (χ0) is 15.7. The highest BCUT2D eigenvalue weighted by atomic mass is 16.5. The van der Waals surface area contributed by atoms with Crippen molar-refractivity contribution in [3.63, 3.8) is 0 Å². The van der Waals surface area contributed by atoms with Gasteiger partial charge in [-0.2, -0.15) is 5.10 Å². The van der Waals surface area contributed by atoms with Crippen molar-refractivity contribution in [2.75, 3.05) is 7.11 Å². The molecule has 0 aliphatic rings. The molecule has 0 unspecified atom stereocenters. The summed E-state index contributed by atoms with van der Waals surface area (Å²) in [6.07, 6.45) is 3.39. The standard InChI is InChI=1S/C16H18N4O2/c1-4-20-11(2)12(8-18-20)9-19-10-17-15-6-5-13(22-3)7-14(15)16(19)21/h5-8,10H,4,9H2,1-3H3. The lowest BCUT2D eigenvalue weighted by Gasteiger charge is -2.08. The molecule has 0 saturated carbocycles. The summed E-state index contributed by atoms with van der Waals surface area (Å²) in [6, 6.07) is 5.32. The van der Waals surface area contributed by atoms with Gasteiger partial charge in [-0.3, -0.25) is 14.0 Å². The Labute approximate surface area is 128 Å². The predicted octanol–water partition coefficient (Wildman–Crippen LogP) is 1.98. The fourth-order valence-corrected chi connectivity index (χ4v) is 2.52. The maximum Gasteiger partial charge on any atom is 0.261 e. The molecular formula is C16H18N4O2. The molecule has 0 bridgehead atoms. The summed E-state index contributed by atoms with van der Waals surface area (Å²) in [5, 5.41) is 4.87. The third-order valence-corrected chi connectivity index (χ3v) is 3.88. The average molecular weight is 298 g/mol. The van der Waals surface area contributed by atoms with Crippen LogP contribution in [0.4, 0.5) is 0 Å². The highest BCUT2D eigenvalue weighted by Crippen LogP contribution is 2.16. The van der Waals surface area contributed by atoms with Crippen LogP contribution in [0.5, 0.6) is 5.75 Å². The van der Waals surface area contributed by atoms with Gasteiger partial charge < -0.3 is 4.74 Å². The van der Waals surface area contributed by atoms with Gasteiger partial charge in [-0.25, -0.2) is 4.98 Å². The van der Waals surface area contributed by atoms with Crippen LogP contribution in [0.2, 0.25) is 0 Å². The molecule has 3 aromatic rings. The molecule has 2 heterocycles. The zero-order valence-corrected chi connectivity index (χ0v) is 12.9. The van der Waals surface area contributed by atoms with Crippen LogP contribution < -0.4 is 10.3 Å². The Morgan fingerprint density at radius 1 is 1.32 bits per heavy atom. The molecule has 22 heavy (non-hydrogen) atoms. The number of benzene rings is 1. The van der Waals surface area contributed by atoms with Gasteiger partial charge in [-0.05, 0) is 32.0 Å². The molecule has 6 heteroatoms. The topological polar surface area (TPSA) is 61.9 Å². The van der Waals surface area contributed by atoms with E-state index in [0.717, 1.165) is 17.8 Å². The molecule has 0 fully saturated rings. The number of methoxy groups -OCH3 is 1. The Morgan fingerprint density at radius 3 is 2.82 bits per heavy atom. The van der Waals surface area contributed by atoms with Gasteiger partial charge in [0.25, 0.3) is 5.56 Å². The summed E-state index contributed by atoms with van der Waals surface area (Å²) in [7, 11) is 1.58. The van der Waals surface area contributed by atoms with E-state index in [1.807, 2.05) is 18.5 Å². The van der Waals surface area contributed by atoms with Crippen LogP contribution in [0, 0.1) is 6.92 Å². The van der Waals surface area contributed by atoms with Crippen molar-refractivity contribution in [1.82, 2.24) is 19.3 Å². The van der Waals surface area contributed by atoms with E-state index < -0.39 is 0 Å². The van der Waals surface area contributed by atoms with E-state index in [1.165, 1.54) is 0 Å². The monoisotopic (exact) mass is 298 g/mol. The van der Waals surface area contributed by atoms with Gasteiger partial charge in [0.1, 0.15) is 5.75 Å². The van der Waals surface area contributed by atoms with E-state index in [4.69, 9.17) is 4.74 Å². The summed E-state index contributed by atoms with van der Waals surface area (Å²) >= 11 is 0. The Hall–Kier alpha value is -2.63. The number of hydrogen-bond acceptors (Lipinski definition) is 4. The second-order valence-electron chi connectivity index (χ2n) is 5.13. The van der Waals surface area contributed by atoms with E-state index in [-0.39, 0.29) is 5.56 Å². The molecule has 1 aromatic carbocycles. The molecular weight excluding hydrogens is 280 g/mol. The Kier molecular flexibility index (Phi) is 3.66. The summed E-state index contributed by atoms with van der Waals surface area (Å²) < 4.78 is 8.70. The number of nitrogens with zero attached hydrogens (tertiary/aromatic N) is 4.